The monoisotopic (exact) mass is 327 g/mol. The van der Waals surface area contributed by atoms with Gasteiger partial charge in [0.15, 0.2) is 0 Å². The maximum Gasteiger partial charge on any atom is 0.0624 e. The number of nitrogens with two attached hydrogens (primary N) is 1. The van der Waals surface area contributed by atoms with Gasteiger partial charge in [0.1, 0.15) is 0 Å². The van der Waals surface area contributed by atoms with E-state index in [2.05, 4.69) is 0 Å². The standard InChI is InChI=1S/C17H23Cl2NO/c18-13-3-4-14(16(19)8-13)15(9-20)17(21)7-12-6-10-1-2-11(12)5-10/h3-4,8,10-12,15,17,21H,1-2,5-7,9,20H2. The molecule has 2 aliphatic carbocycles. The van der Waals surface area contributed by atoms with Gasteiger partial charge < -0.3 is 10.8 Å². The summed E-state index contributed by atoms with van der Waals surface area (Å²) in [6.45, 7) is 0.406. The van der Waals surface area contributed by atoms with Crippen LogP contribution in [0, 0.1) is 17.8 Å². The second-order valence-corrected chi connectivity index (χ2v) is 7.59. The second-order valence-electron chi connectivity index (χ2n) is 6.75. The van der Waals surface area contributed by atoms with E-state index < -0.39 is 6.10 Å². The lowest BCUT2D eigenvalue weighted by molar-refractivity contribution is 0.101. The quantitative estimate of drug-likeness (QED) is 0.850. The first-order chi connectivity index (χ1) is 10.1. The molecule has 2 bridgehead atoms. The van der Waals surface area contributed by atoms with Crippen LogP contribution in [0.4, 0.5) is 0 Å². The Kier molecular flexibility index (Phi) is 4.80. The molecular formula is C17H23Cl2NO. The molecule has 0 heterocycles. The first-order valence-corrected chi connectivity index (χ1v) is 8.67. The number of halogens is 2. The van der Waals surface area contributed by atoms with Gasteiger partial charge in [0.05, 0.1) is 6.10 Å². The fourth-order valence-electron chi connectivity index (χ4n) is 4.43. The summed E-state index contributed by atoms with van der Waals surface area (Å²) in [5, 5.41) is 11.9. The molecule has 0 radical (unpaired) electrons. The first-order valence-electron chi connectivity index (χ1n) is 7.91. The Morgan fingerprint density at radius 1 is 1.24 bits per heavy atom. The van der Waals surface area contributed by atoms with Crippen molar-refractivity contribution in [3.8, 4) is 0 Å². The van der Waals surface area contributed by atoms with Crippen LogP contribution in [0.25, 0.3) is 0 Å². The van der Waals surface area contributed by atoms with E-state index in [1.165, 1.54) is 25.7 Å². The number of aliphatic hydroxyl groups excluding tert-OH is 1. The first kappa shape index (κ1) is 15.6. The summed E-state index contributed by atoms with van der Waals surface area (Å²) in [6, 6.07) is 5.44. The molecule has 0 aromatic heterocycles. The maximum atomic E-state index is 10.7. The van der Waals surface area contributed by atoms with Crippen LogP contribution in [0.2, 0.25) is 10.0 Å². The van der Waals surface area contributed by atoms with Crippen molar-refractivity contribution in [2.45, 2.75) is 44.1 Å². The van der Waals surface area contributed by atoms with Crippen LogP contribution in [-0.2, 0) is 0 Å². The van der Waals surface area contributed by atoms with Gasteiger partial charge in [0.2, 0.25) is 0 Å². The third-order valence-electron chi connectivity index (χ3n) is 5.51. The van der Waals surface area contributed by atoms with E-state index in [1.807, 2.05) is 12.1 Å². The SMILES string of the molecule is NCC(c1ccc(Cl)cc1Cl)C(O)CC1CC2CCC1C2. The van der Waals surface area contributed by atoms with Crippen LogP contribution < -0.4 is 5.73 Å². The largest absolute Gasteiger partial charge is 0.392 e. The molecule has 2 fully saturated rings. The average molecular weight is 328 g/mol. The normalized spacial score (nSPS) is 30.6. The third-order valence-corrected chi connectivity index (χ3v) is 6.07. The second kappa shape index (κ2) is 6.45. The molecule has 116 valence electrons. The minimum Gasteiger partial charge on any atom is -0.392 e. The van der Waals surface area contributed by atoms with Gasteiger partial charge in [-0.1, -0.05) is 35.7 Å². The summed E-state index contributed by atoms with van der Waals surface area (Å²) < 4.78 is 0. The molecule has 3 rings (SSSR count). The van der Waals surface area contributed by atoms with Crippen LogP contribution in [-0.4, -0.2) is 17.8 Å². The van der Waals surface area contributed by atoms with E-state index in [9.17, 15) is 5.11 Å². The molecule has 0 spiro atoms. The highest BCUT2D eigenvalue weighted by molar-refractivity contribution is 6.35. The van der Waals surface area contributed by atoms with Gasteiger partial charge in [-0.2, -0.15) is 0 Å². The Labute approximate surface area is 136 Å². The zero-order valence-electron chi connectivity index (χ0n) is 12.1. The Bertz CT molecular complexity index is 508. The summed E-state index contributed by atoms with van der Waals surface area (Å²) >= 11 is 12.2. The van der Waals surface area contributed by atoms with Crippen molar-refractivity contribution in [1.29, 1.82) is 0 Å². The summed E-state index contributed by atoms with van der Waals surface area (Å²) in [5.41, 5.74) is 6.83. The number of hydrogen-bond acceptors (Lipinski definition) is 2. The van der Waals surface area contributed by atoms with Crippen LogP contribution in [0.3, 0.4) is 0 Å². The van der Waals surface area contributed by atoms with E-state index >= 15 is 0 Å². The van der Waals surface area contributed by atoms with Crippen molar-refractivity contribution >= 4 is 23.2 Å². The molecule has 2 aliphatic rings. The maximum absolute atomic E-state index is 10.7. The van der Waals surface area contributed by atoms with E-state index in [0.717, 1.165) is 23.8 Å². The van der Waals surface area contributed by atoms with Crippen molar-refractivity contribution in [1.82, 2.24) is 0 Å². The molecule has 1 aromatic rings. The van der Waals surface area contributed by atoms with Crippen molar-refractivity contribution in [2.75, 3.05) is 6.54 Å². The molecule has 5 unspecified atom stereocenters. The van der Waals surface area contributed by atoms with Crippen molar-refractivity contribution in [3.63, 3.8) is 0 Å². The molecular weight excluding hydrogens is 305 g/mol. The van der Waals surface area contributed by atoms with Crippen molar-refractivity contribution in [3.05, 3.63) is 33.8 Å². The predicted molar refractivity (Wildman–Crippen MR) is 87.8 cm³/mol. The van der Waals surface area contributed by atoms with E-state index in [4.69, 9.17) is 28.9 Å². The van der Waals surface area contributed by atoms with Crippen LogP contribution in [0.1, 0.15) is 43.6 Å². The fourth-order valence-corrected chi connectivity index (χ4v) is 4.98. The van der Waals surface area contributed by atoms with Crippen LogP contribution in [0.5, 0.6) is 0 Å². The lowest BCUT2D eigenvalue weighted by atomic mass is 9.80. The summed E-state index contributed by atoms with van der Waals surface area (Å²) in [7, 11) is 0. The number of hydrogen-bond donors (Lipinski definition) is 2. The lowest BCUT2D eigenvalue weighted by Crippen LogP contribution is -2.29. The minimum absolute atomic E-state index is 0.103. The van der Waals surface area contributed by atoms with Crippen molar-refractivity contribution in [2.24, 2.45) is 23.5 Å². The topological polar surface area (TPSA) is 46.2 Å². The molecule has 21 heavy (non-hydrogen) atoms. The smallest absolute Gasteiger partial charge is 0.0624 e. The Hall–Kier alpha value is -0.280. The fraction of sp³-hybridized carbons (Fsp3) is 0.647. The Morgan fingerprint density at radius 2 is 2.05 bits per heavy atom. The Morgan fingerprint density at radius 3 is 2.62 bits per heavy atom. The predicted octanol–water partition coefficient (Wildman–Crippen LogP) is 4.22. The van der Waals surface area contributed by atoms with Gasteiger partial charge in [0, 0.05) is 22.5 Å². The van der Waals surface area contributed by atoms with E-state index in [1.54, 1.807) is 6.07 Å². The number of fused-ring (bicyclic) bond motifs is 2. The van der Waals surface area contributed by atoms with Gasteiger partial charge >= 0.3 is 0 Å². The van der Waals surface area contributed by atoms with E-state index in [-0.39, 0.29) is 5.92 Å². The van der Waals surface area contributed by atoms with Gasteiger partial charge in [-0.25, -0.2) is 0 Å². The van der Waals surface area contributed by atoms with E-state index in [0.29, 0.717) is 22.5 Å². The molecule has 0 amide bonds. The molecule has 0 saturated heterocycles. The number of aliphatic hydroxyl groups is 1. The molecule has 3 N–H and O–H groups in total. The van der Waals surface area contributed by atoms with Gasteiger partial charge in [-0.15, -0.1) is 0 Å². The molecule has 1 aromatic carbocycles. The van der Waals surface area contributed by atoms with Gasteiger partial charge in [-0.3, -0.25) is 0 Å². The molecule has 4 heteroatoms. The van der Waals surface area contributed by atoms with Gasteiger partial charge in [0.25, 0.3) is 0 Å². The Balaban J connectivity index is 1.70. The molecule has 0 aliphatic heterocycles. The summed E-state index contributed by atoms with van der Waals surface area (Å²) in [6.07, 6.45) is 5.82. The van der Waals surface area contributed by atoms with Crippen molar-refractivity contribution < 1.29 is 5.11 Å². The highest BCUT2D eigenvalue weighted by Gasteiger charge is 2.40. The van der Waals surface area contributed by atoms with Crippen LogP contribution in [0.15, 0.2) is 18.2 Å². The summed E-state index contributed by atoms with van der Waals surface area (Å²) in [5.74, 6) is 2.29. The zero-order valence-corrected chi connectivity index (χ0v) is 13.7. The van der Waals surface area contributed by atoms with Gasteiger partial charge in [-0.05, 0) is 61.1 Å². The number of rotatable bonds is 5. The molecule has 5 atom stereocenters. The van der Waals surface area contributed by atoms with Crippen LogP contribution >= 0.6 is 23.2 Å². The highest BCUT2D eigenvalue weighted by Crippen LogP contribution is 2.50. The minimum atomic E-state index is -0.418. The number of benzene rings is 1. The third kappa shape index (κ3) is 3.24. The molecule has 2 nitrogen and oxygen atoms in total. The molecule has 2 saturated carbocycles. The highest BCUT2D eigenvalue weighted by atomic mass is 35.5. The zero-order chi connectivity index (χ0) is 15.0. The lowest BCUT2D eigenvalue weighted by Gasteiger charge is -2.29. The summed E-state index contributed by atoms with van der Waals surface area (Å²) in [4.78, 5) is 0. The average Bonchev–Trinajstić information content (AvgIpc) is 3.04.